The van der Waals surface area contributed by atoms with Gasteiger partial charge in [0.05, 0.1) is 12.7 Å². The Balaban J connectivity index is 2.49. The lowest BCUT2D eigenvalue weighted by molar-refractivity contribution is 0.0593. The van der Waals surface area contributed by atoms with Crippen LogP contribution in [0.4, 0.5) is 4.39 Å². The van der Waals surface area contributed by atoms with Crippen LogP contribution in [0.1, 0.15) is 16.2 Å². The predicted octanol–water partition coefficient (Wildman–Crippen LogP) is 2.58. The minimum atomic E-state index is -0.603. The van der Waals surface area contributed by atoms with Gasteiger partial charge in [0.15, 0.2) is 5.69 Å². The average molecular weight is 235 g/mol. The van der Waals surface area contributed by atoms with Crippen molar-refractivity contribution in [2.24, 2.45) is 0 Å². The lowest BCUT2D eigenvalue weighted by Gasteiger charge is -1.95. The summed E-state index contributed by atoms with van der Waals surface area (Å²) in [7, 11) is 1.25. The Labute approximate surface area is 97.0 Å². The third-order valence-electron chi connectivity index (χ3n) is 2.28. The first kappa shape index (κ1) is 11.3. The molecular formula is C12H10FNO3. The van der Waals surface area contributed by atoms with Gasteiger partial charge in [0, 0.05) is 0 Å². The van der Waals surface area contributed by atoms with Crippen LogP contribution in [0.15, 0.2) is 28.7 Å². The number of benzene rings is 1. The molecule has 0 aliphatic carbocycles. The van der Waals surface area contributed by atoms with E-state index in [1.54, 1.807) is 19.1 Å². The molecule has 17 heavy (non-hydrogen) atoms. The van der Waals surface area contributed by atoms with Crippen molar-refractivity contribution in [3.63, 3.8) is 0 Å². The number of aromatic nitrogens is 1. The molecule has 0 aliphatic heterocycles. The SMILES string of the molecule is COC(=O)c1nc(-c2ccccc2F)oc1C. The zero-order valence-corrected chi connectivity index (χ0v) is 9.36. The first-order chi connectivity index (χ1) is 8.13. The van der Waals surface area contributed by atoms with Crippen LogP contribution < -0.4 is 0 Å². The Morgan fingerprint density at radius 3 is 2.76 bits per heavy atom. The first-order valence-electron chi connectivity index (χ1n) is 4.94. The molecule has 1 heterocycles. The molecule has 88 valence electrons. The summed E-state index contributed by atoms with van der Waals surface area (Å²) in [5, 5.41) is 0. The molecule has 0 saturated heterocycles. The van der Waals surface area contributed by atoms with Crippen LogP contribution >= 0.6 is 0 Å². The summed E-state index contributed by atoms with van der Waals surface area (Å²) in [4.78, 5) is 15.3. The fourth-order valence-corrected chi connectivity index (χ4v) is 1.43. The summed E-state index contributed by atoms with van der Waals surface area (Å²) < 4.78 is 23.3. The Kier molecular flexibility index (Phi) is 2.91. The van der Waals surface area contributed by atoms with Gasteiger partial charge in [-0.2, -0.15) is 0 Å². The van der Waals surface area contributed by atoms with Crippen molar-refractivity contribution in [1.82, 2.24) is 4.98 Å². The van der Waals surface area contributed by atoms with Crippen molar-refractivity contribution in [1.29, 1.82) is 0 Å². The predicted molar refractivity (Wildman–Crippen MR) is 58.0 cm³/mol. The number of nitrogens with zero attached hydrogens (tertiary/aromatic N) is 1. The van der Waals surface area contributed by atoms with Crippen LogP contribution in [0.25, 0.3) is 11.5 Å². The molecule has 0 amide bonds. The van der Waals surface area contributed by atoms with Gasteiger partial charge < -0.3 is 9.15 Å². The lowest BCUT2D eigenvalue weighted by atomic mass is 10.2. The van der Waals surface area contributed by atoms with Gasteiger partial charge in [-0.05, 0) is 19.1 Å². The number of methoxy groups -OCH3 is 1. The van der Waals surface area contributed by atoms with Gasteiger partial charge in [-0.25, -0.2) is 14.2 Å². The van der Waals surface area contributed by atoms with Crippen LogP contribution in [0.5, 0.6) is 0 Å². The second-order valence-electron chi connectivity index (χ2n) is 3.40. The van der Waals surface area contributed by atoms with Gasteiger partial charge in [0.25, 0.3) is 0 Å². The Hall–Kier alpha value is -2.17. The largest absolute Gasteiger partial charge is 0.464 e. The second kappa shape index (κ2) is 4.37. The molecule has 0 saturated carbocycles. The molecule has 1 aromatic carbocycles. The average Bonchev–Trinajstić information content (AvgIpc) is 2.71. The third kappa shape index (κ3) is 2.04. The standard InChI is InChI=1S/C12H10FNO3/c1-7-10(12(15)16-2)14-11(17-7)8-5-3-4-6-9(8)13/h3-6H,1-2H3. The maximum atomic E-state index is 13.5. The smallest absolute Gasteiger partial charge is 0.360 e. The van der Waals surface area contributed by atoms with Crippen molar-refractivity contribution in [3.05, 3.63) is 41.5 Å². The summed E-state index contributed by atoms with van der Waals surface area (Å²) in [6.07, 6.45) is 0. The van der Waals surface area contributed by atoms with Crippen molar-refractivity contribution in [3.8, 4) is 11.5 Å². The molecule has 0 aliphatic rings. The number of carbonyl (C=O) groups excluding carboxylic acids is 1. The van der Waals surface area contributed by atoms with E-state index in [0.717, 1.165) is 0 Å². The number of hydrogen-bond acceptors (Lipinski definition) is 4. The van der Waals surface area contributed by atoms with Gasteiger partial charge in [-0.15, -0.1) is 0 Å². The van der Waals surface area contributed by atoms with E-state index >= 15 is 0 Å². The highest BCUT2D eigenvalue weighted by atomic mass is 19.1. The number of hydrogen-bond donors (Lipinski definition) is 0. The van der Waals surface area contributed by atoms with Gasteiger partial charge in [0.1, 0.15) is 11.6 Å². The first-order valence-corrected chi connectivity index (χ1v) is 4.94. The normalized spacial score (nSPS) is 10.3. The summed E-state index contributed by atoms with van der Waals surface area (Å²) in [5.74, 6) is -0.685. The number of aryl methyl sites for hydroxylation is 1. The molecular weight excluding hydrogens is 225 g/mol. The maximum absolute atomic E-state index is 13.5. The summed E-state index contributed by atoms with van der Waals surface area (Å²) in [5.41, 5.74) is 0.275. The highest BCUT2D eigenvalue weighted by Crippen LogP contribution is 2.24. The van der Waals surface area contributed by atoms with Crippen LogP contribution in [0, 0.1) is 12.7 Å². The number of halogens is 1. The number of esters is 1. The molecule has 0 bridgehead atoms. The number of oxazole rings is 1. The fraction of sp³-hybridized carbons (Fsp3) is 0.167. The van der Waals surface area contributed by atoms with E-state index in [9.17, 15) is 9.18 Å². The van der Waals surface area contributed by atoms with Gasteiger partial charge >= 0.3 is 5.97 Å². The fourth-order valence-electron chi connectivity index (χ4n) is 1.43. The summed E-state index contributed by atoms with van der Waals surface area (Å²) in [6, 6.07) is 6.06. The second-order valence-corrected chi connectivity index (χ2v) is 3.40. The molecule has 1 aromatic heterocycles. The van der Waals surface area contributed by atoms with Crippen LogP contribution in [-0.2, 0) is 4.74 Å². The van der Waals surface area contributed by atoms with Gasteiger partial charge in [0.2, 0.25) is 5.89 Å². The highest BCUT2D eigenvalue weighted by Gasteiger charge is 2.19. The van der Waals surface area contributed by atoms with Crippen molar-refractivity contribution in [2.75, 3.05) is 7.11 Å². The molecule has 0 fully saturated rings. The molecule has 5 heteroatoms. The van der Waals surface area contributed by atoms with Gasteiger partial charge in [-0.1, -0.05) is 12.1 Å². The van der Waals surface area contributed by atoms with Crippen molar-refractivity contribution in [2.45, 2.75) is 6.92 Å². The van der Waals surface area contributed by atoms with E-state index in [1.165, 1.54) is 19.2 Å². The van der Waals surface area contributed by atoms with Crippen molar-refractivity contribution < 1.29 is 18.3 Å². The Bertz CT molecular complexity index is 563. The van der Waals surface area contributed by atoms with E-state index in [2.05, 4.69) is 9.72 Å². The van der Waals surface area contributed by atoms with Gasteiger partial charge in [-0.3, -0.25) is 0 Å². The molecule has 2 aromatic rings. The number of carbonyl (C=O) groups is 1. The zero-order chi connectivity index (χ0) is 12.4. The molecule has 0 atom stereocenters. The topological polar surface area (TPSA) is 52.3 Å². The zero-order valence-electron chi connectivity index (χ0n) is 9.36. The highest BCUT2D eigenvalue weighted by molar-refractivity contribution is 5.88. The molecule has 0 spiro atoms. The third-order valence-corrected chi connectivity index (χ3v) is 2.28. The van der Waals surface area contributed by atoms with E-state index < -0.39 is 11.8 Å². The van der Waals surface area contributed by atoms with E-state index in [4.69, 9.17) is 4.42 Å². The van der Waals surface area contributed by atoms with Crippen LogP contribution in [-0.4, -0.2) is 18.1 Å². The summed E-state index contributed by atoms with van der Waals surface area (Å²) in [6.45, 7) is 1.57. The minimum absolute atomic E-state index is 0.0609. The molecule has 0 N–H and O–H groups in total. The van der Waals surface area contributed by atoms with E-state index in [0.29, 0.717) is 5.76 Å². The van der Waals surface area contributed by atoms with Crippen molar-refractivity contribution >= 4 is 5.97 Å². The number of ether oxygens (including phenoxy) is 1. The summed E-state index contributed by atoms with van der Waals surface area (Å²) >= 11 is 0. The van der Waals surface area contributed by atoms with E-state index in [-0.39, 0.29) is 17.1 Å². The molecule has 0 radical (unpaired) electrons. The Morgan fingerprint density at radius 1 is 1.41 bits per heavy atom. The molecule has 0 unspecified atom stereocenters. The molecule has 2 rings (SSSR count). The van der Waals surface area contributed by atoms with E-state index in [1.807, 2.05) is 0 Å². The monoisotopic (exact) mass is 235 g/mol. The lowest BCUT2D eigenvalue weighted by Crippen LogP contribution is -2.03. The minimum Gasteiger partial charge on any atom is -0.464 e. The number of rotatable bonds is 2. The van der Waals surface area contributed by atoms with Crippen LogP contribution in [0.2, 0.25) is 0 Å². The van der Waals surface area contributed by atoms with Crippen LogP contribution in [0.3, 0.4) is 0 Å². The maximum Gasteiger partial charge on any atom is 0.360 e. The quantitative estimate of drug-likeness (QED) is 0.750. The Morgan fingerprint density at radius 2 is 2.12 bits per heavy atom. The molecule has 4 nitrogen and oxygen atoms in total.